The summed E-state index contributed by atoms with van der Waals surface area (Å²) >= 11 is 0. The molecule has 18 heavy (non-hydrogen) atoms. The number of rotatable bonds is 2. The third-order valence-corrected chi connectivity index (χ3v) is 4.68. The van der Waals surface area contributed by atoms with Crippen LogP contribution in [0.4, 0.5) is 8.78 Å². The Labute approximate surface area is 104 Å². The highest BCUT2D eigenvalue weighted by atomic mass is 19.3. The van der Waals surface area contributed by atoms with E-state index in [0.29, 0.717) is 38.4 Å². The predicted molar refractivity (Wildman–Crippen MR) is 57.9 cm³/mol. The van der Waals surface area contributed by atoms with Crippen molar-refractivity contribution in [3.8, 4) is 0 Å². The van der Waals surface area contributed by atoms with Crippen molar-refractivity contribution in [2.45, 2.75) is 44.6 Å². The van der Waals surface area contributed by atoms with Gasteiger partial charge in [-0.05, 0) is 37.5 Å². The average Bonchev–Trinajstić information content (AvgIpc) is 2.24. The van der Waals surface area contributed by atoms with Crippen LogP contribution in [0.1, 0.15) is 32.6 Å². The van der Waals surface area contributed by atoms with Crippen molar-refractivity contribution in [1.82, 2.24) is 0 Å². The maximum absolute atomic E-state index is 12.9. The van der Waals surface area contributed by atoms with E-state index in [1.165, 1.54) is 0 Å². The van der Waals surface area contributed by atoms with Gasteiger partial charge >= 0.3 is 11.9 Å². The number of carbonyl (C=O) groups excluding carboxylic acids is 2. The van der Waals surface area contributed by atoms with Gasteiger partial charge in [-0.2, -0.15) is 8.78 Å². The lowest BCUT2D eigenvalue weighted by Crippen LogP contribution is -2.55. The molecular formula is C13H16F2O3. The summed E-state index contributed by atoms with van der Waals surface area (Å²) in [5.74, 6) is -4.12. The van der Waals surface area contributed by atoms with Gasteiger partial charge in [0.05, 0.1) is 0 Å². The molecule has 0 heterocycles. The maximum atomic E-state index is 12.9. The van der Waals surface area contributed by atoms with Gasteiger partial charge < -0.3 is 4.74 Å². The summed E-state index contributed by atoms with van der Waals surface area (Å²) in [6, 6.07) is 0. The van der Waals surface area contributed by atoms with Crippen LogP contribution < -0.4 is 0 Å². The zero-order chi connectivity index (χ0) is 13.1. The molecule has 0 atom stereocenters. The first-order chi connectivity index (χ1) is 8.36. The minimum Gasteiger partial charge on any atom is -0.457 e. The number of halogens is 2. The van der Waals surface area contributed by atoms with Crippen molar-refractivity contribution >= 4 is 11.8 Å². The predicted octanol–water partition coefficient (Wildman–Crippen LogP) is 2.19. The number of carbonyl (C=O) groups is 2. The van der Waals surface area contributed by atoms with Crippen LogP contribution in [0.3, 0.4) is 0 Å². The van der Waals surface area contributed by atoms with Gasteiger partial charge in [0.25, 0.3) is 0 Å². The fraction of sp³-hybridized carbons (Fsp3) is 0.846. The second-order valence-electron chi connectivity index (χ2n) is 6.02. The highest BCUT2D eigenvalue weighted by Crippen LogP contribution is 2.53. The zero-order valence-corrected chi connectivity index (χ0v) is 10.2. The molecule has 4 aliphatic rings. The number of ether oxygens (including phenoxy) is 1. The fourth-order valence-electron chi connectivity index (χ4n) is 3.99. The van der Waals surface area contributed by atoms with E-state index in [4.69, 9.17) is 4.74 Å². The first-order valence-electron chi connectivity index (χ1n) is 6.49. The van der Waals surface area contributed by atoms with Crippen LogP contribution >= 0.6 is 0 Å². The molecule has 0 radical (unpaired) electrons. The van der Waals surface area contributed by atoms with E-state index < -0.39 is 18.0 Å². The Hall–Kier alpha value is -1.00. The van der Waals surface area contributed by atoms with E-state index >= 15 is 0 Å². The van der Waals surface area contributed by atoms with Gasteiger partial charge in [-0.3, -0.25) is 4.79 Å². The molecule has 4 saturated carbocycles. The summed E-state index contributed by atoms with van der Waals surface area (Å²) in [6.07, 6.45) is 2.43. The van der Waals surface area contributed by atoms with Gasteiger partial charge in [-0.1, -0.05) is 0 Å². The topological polar surface area (TPSA) is 43.4 Å². The summed E-state index contributed by atoms with van der Waals surface area (Å²) in [5, 5.41) is 0. The molecule has 0 saturated heterocycles. The number of alkyl halides is 2. The van der Waals surface area contributed by atoms with Crippen molar-refractivity contribution in [1.29, 1.82) is 0 Å². The number of esters is 1. The molecule has 0 aliphatic heterocycles. The molecule has 0 spiro atoms. The van der Waals surface area contributed by atoms with Crippen LogP contribution in [-0.4, -0.2) is 23.8 Å². The quantitative estimate of drug-likeness (QED) is 0.713. The minimum absolute atomic E-state index is 0.0876. The Morgan fingerprint density at radius 2 is 1.61 bits per heavy atom. The monoisotopic (exact) mass is 258 g/mol. The SMILES string of the molecule is CC(F)(F)C(=O)OC1C2CC3CC1CC(C2)C3=O. The van der Waals surface area contributed by atoms with Crippen LogP contribution in [0.15, 0.2) is 0 Å². The zero-order valence-electron chi connectivity index (χ0n) is 10.2. The smallest absolute Gasteiger partial charge is 0.376 e. The van der Waals surface area contributed by atoms with Crippen molar-refractivity contribution < 1.29 is 23.1 Å². The minimum atomic E-state index is -3.43. The molecule has 0 amide bonds. The lowest BCUT2D eigenvalue weighted by atomic mass is 9.54. The number of hydrogen-bond acceptors (Lipinski definition) is 3. The second-order valence-corrected chi connectivity index (χ2v) is 6.02. The molecule has 4 fully saturated rings. The number of hydrogen-bond donors (Lipinski definition) is 0. The molecule has 0 N–H and O–H groups in total. The highest BCUT2D eigenvalue weighted by molar-refractivity contribution is 5.85. The summed E-state index contributed by atoms with van der Waals surface area (Å²) in [4.78, 5) is 23.1. The van der Waals surface area contributed by atoms with Gasteiger partial charge in [0.2, 0.25) is 0 Å². The van der Waals surface area contributed by atoms with Crippen molar-refractivity contribution in [2.75, 3.05) is 0 Å². The molecule has 3 nitrogen and oxygen atoms in total. The largest absolute Gasteiger partial charge is 0.457 e. The molecule has 100 valence electrons. The average molecular weight is 258 g/mol. The van der Waals surface area contributed by atoms with Crippen molar-refractivity contribution in [2.24, 2.45) is 23.7 Å². The Kier molecular flexibility index (Phi) is 2.51. The molecule has 4 aliphatic carbocycles. The van der Waals surface area contributed by atoms with Gasteiger partial charge in [0.1, 0.15) is 11.9 Å². The van der Waals surface area contributed by atoms with Crippen molar-refractivity contribution in [3.05, 3.63) is 0 Å². The van der Waals surface area contributed by atoms with E-state index in [9.17, 15) is 18.4 Å². The van der Waals surface area contributed by atoms with E-state index in [1.807, 2.05) is 0 Å². The number of ketones is 1. The van der Waals surface area contributed by atoms with Crippen LogP contribution in [0.25, 0.3) is 0 Å². The Bertz CT molecular complexity index is 368. The maximum Gasteiger partial charge on any atom is 0.376 e. The van der Waals surface area contributed by atoms with E-state index in [2.05, 4.69) is 0 Å². The molecule has 4 rings (SSSR count). The molecule has 0 aromatic heterocycles. The van der Waals surface area contributed by atoms with Crippen molar-refractivity contribution in [3.63, 3.8) is 0 Å². The second kappa shape index (κ2) is 3.75. The molecule has 4 bridgehead atoms. The molecule has 5 heteroatoms. The molecule has 0 aromatic rings. The summed E-state index contributed by atoms with van der Waals surface area (Å²) in [6.45, 7) is 0.564. The van der Waals surface area contributed by atoms with Crippen LogP contribution in [0.5, 0.6) is 0 Å². The Morgan fingerprint density at radius 1 is 1.17 bits per heavy atom. The summed E-state index contributed by atoms with van der Waals surface area (Å²) < 4.78 is 30.8. The first kappa shape index (κ1) is 12.1. The third-order valence-electron chi connectivity index (χ3n) is 4.68. The first-order valence-corrected chi connectivity index (χ1v) is 6.49. The van der Waals surface area contributed by atoms with Gasteiger partial charge in [0.15, 0.2) is 0 Å². The third kappa shape index (κ3) is 1.75. The lowest BCUT2D eigenvalue weighted by molar-refractivity contribution is -0.193. The summed E-state index contributed by atoms with van der Waals surface area (Å²) in [7, 11) is 0. The van der Waals surface area contributed by atoms with Gasteiger partial charge in [-0.15, -0.1) is 0 Å². The number of Topliss-reactive ketones (excluding diaryl/α,β-unsaturated/α-hetero) is 1. The van der Waals surface area contributed by atoms with E-state index in [0.717, 1.165) is 0 Å². The van der Waals surface area contributed by atoms with Gasteiger partial charge in [-0.25, -0.2) is 4.79 Å². The normalized spacial score (nSPS) is 42.2. The van der Waals surface area contributed by atoms with Crippen LogP contribution in [-0.2, 0) is 14.3 Å². The van der Waals surface area contributed by atoms with Crippen LogP contribution in [0, 0.1) is 23.7 Å². The standard InChI is InChI=1S/C13H16F2O3/c1-13(14,15)12(17)18-11-8-2-6-3-9(11)5-7(4-8)10(6)16/h6-9,11H,2-5H2,1H3. The van der Waals surface area contributed by atoms with Gasteiger partial charge in [0, 0.05) is 18.8 Å². The Balaban J connectivity index is 1.73. The Morgan fingerprint density at radius 3 is 2.00 bits per heavy atom. The van der Waals surface area contributed by atoms with E-state index in [1.54, 1.807) is 0 Å². The molecule has 0 aromatic carbocycles. The fourth-order valence-corrected chi connectivity index (χ4v) is 3.99. The highest BCUT2D eigenvalue weighted by Gasteiger charge is 2.54. The summed E-state index contributed by atoms with van der Waals surface area (Å²) in [5.41, 5.74) is 0. The van der Waals surface area contributed by atoms with E-state index in [-0.39, 0.29) is 23.7 Å². The van der Waals surface area contributed by atoms with Crippen LogP contribution in [0.2, 0.25) is 0 Å². The molecule has 0 unspecified atom stereocenters. The molecular weight excluding hydrogens is 242 g/mol. The lowest BCUT2D eigenvalue weighted by Gasteiger charge is -2.52.